The van der Waals surface area contributed by atoms with Crippen LogP contribution in [0.2, 0.25) is 0 Å². The lowest BCUT2D eigenvalue weighted by Crippen LogP contribution is -1.98. The smallest absolute Gasteiger partial charge is 0.221 e. The standard InChI is InChI=1S/C19H18N6O/c1-11-9-12(3-6-16(11)26-2)18-14-10-13(4-5-15(14)24-25-18)22-17-7-8-21-19(20)23-17/h3-10H,1-2H3,(H,24,25)(H3,20,21,22,23). The first-order valence-electron chi connectivity index (χ1n) is 8.13. The summed E-state index contributed by atoms with van der Waals surface area (Å²) >= 11 is 0. The average molecular weight is 346 g/mol. The Kier molecular flexibility index (Phi) is 3.89. The first kappa shape index (κ1) is 15.9. The highest BCUT2D eigenvalue weighted by atomic mass is 16.5. The Balaban J connectivity index is 1.74. The first-order chi connectivity index (χ1) is 12.6. The molecule has 0 atom stereocenters. The van der Waals surface area contributed by atoms with Gasteiger partial charge in [-0.25, -0.2) is 4.98 Å². The van der Waals surface area contributed by atoms with Crippen LogP contribution in [0, 0.1) is 6.92 Å². The maximum Gasteiger partial charge on any atom is 0.221 e. The van der Waals surface area contributed by atoms with Crippen molar-refractivity contribution in [2.75, 3.05) is 18.2 Å². The second-order valence-electron chi connectivity index (χ2n) is 5.94. The second kappa shape index (κ2) is 6.36. The Hall–Kier alpha value is -3.61. The van der Waals surface area contributed by atoms with Gasteiger partial charge in [0.15, 0.2) is 0 Å². The Morgan fingerprint density at radius 1 is 1.12 bits per heavy atom. The zero-order valence-corrected chi connectivity index (χ0v) is 14.4. The van der Waals surface area contributed by atoms with Gasteiger partial charge in [0, 0.05) is 22.8 Å². The predicted octanol–water partition coefficient (Wildman–Crippen LogP) is 3.66. The van der Waals surface area contributed by atoms with Crippen molar-refractivity contribution >= 4 is 28.4 Å². The molecule has 4 N–H and O–H groups in total. The van der Waals surface area contributed by atoms with Gasteiger partial charge < -0.3 is 15.8 Å². The van der Waals surface area contributed by atoms with E-state index in [1.54, 1.807) is 19.4 Å². The van der Waals surface area contributed by atoms with Gasteiger partial charge in [0.25, 0.3) is 0 Å². The van der Waals surface area contributed by atoms with Gasteiger partial charge in [-0.05, 0) is 55.0 Å². The van der Waals surface area contributed by atoms with E-state index in [1.165, 1.54) is 0 Å². The number of hydrogen-bond donors (Lipinski definition) is 3. The van der Waals surface area contributed by atoms with Gasteiger partial charge in [-0.2, -0.15) is 10.1 Å². The van der Waals surface area contributed by atoms with Gasteiger partial charge in [0.05, 0.1) is 18.3 Å². The summed E-state index contributed by atoms with van der Waals surface area (Å²) in [5.74, 6) is 1.73. The molecule has 130 valence electrons. The van der Waals surface area contributed by atoms with E-state index in [2.05, 4.69) is 31.5 Å². The predicted molar refractivity (Wildman–Crippen MR) is 103 cm³/mol. The summed E-state index contributed by atoms with van der Waals surface area (Å²) in [6.45, 7) is 2.02. The molecule has 0 fully saturated rings. The summed E-state index contributed by atoms with van der Waals surface area (Å²) in [5.41, 5.74) is 10.5. The molecular weight excluding hydrogens is 328 g/mol. The van der Waals surface area contributed by atoms with Crippen molar-refractivity contribution in [3.05, 3.63) is 54.2 Å². The normalized spacial score (nSPS) is 10.8. The third-order valence-electron chi connectivity index (χ3n) is 4.18. The van der Waals surface area contributed by atoms with E-state index in [0.717, 1.165) is 39.2 Å². The molecule has 2 aromatic heterocycles. The monoisotopic (exact) mass is 346 g/mol. The van der Waals surface area contributed by atoms with Crippen LogP contribution in [0.25, 0.3) is 22.2 Å². The number of aryl methyl sites for hydroxylation is 1. The number of anilines is 3. The van der Waals surface area contributed by atoms with Crippen molar-refractivity contribution in [3.8, 4) is 17.0 Å². The maximum atomic E-state index is 5.64. The fraction of sp³-hybridized carbons (Fsp3) is 0.105. The van der Waals surface area contributed by atoms with E-state index >= 15 is 0 Å². The highest BCUT2D eigenvalue weighted by Crippen LogP contribution is 2.31. The molecule has 7 nitrogen and oxygen atoms in total. The lowest BCUT2D eigenvalue weighted by molar-refractivity contribution is 0.412. The van der Waals surface area contributed by atoms with Crippen molar-refractivity contribution in [2.24, 2.45) is 0 Å². The minimum atomic E-state index is 0.230. The first-order valence-corrected chi connectivity index (χ1v) is 8.13. The number of fused-ring (bicyclic) bond motifs is 1. The van der Waals surface area contributed by atoms with E-state index in [-0.39, 0.29) is 5.95 Å². The molecule has 26 heavy (non-hydrogen) atoms. The van der Waals surface area contributed by atoms with Crippen molar-refractivity contribution < 1.29 is 4.74 Å². The number of benzene rings is 2. The van der Waals surface area contributed by atoms with Crippen LogP contribution in [0.3, 0.4) is 0 Å². The van der Waals surface area contributed by atoms with Crippen molar-refractivity contribution in [2.45, 2.75) is 6.92 Å². The van der Waals surface area contributed by atoms with Crippen LogP contribution in [-0.2, 0) is 0 Å². The third kappa shape index (κ3) is 2.90. The summed E-state index contributed by atoms with van der Waals surface area (Å²) in [6, 6.07) is 13.8. The Morgan fingerprint density at radius 2 is 2.00 bits per heavy atom. The number of aromatic nitrogens is 4. The molecular formula is C19H18N6O. The topological polar surface area (TPSA) is 102 Å². The molecule has 0 radical (unpaired) electrons. The van der Waals surface area contributed by atoms with Crippen LogP contribution in [-0.4, -0.2) is 27.3 Å². The van der Waals surface area contributed by atoms with Gasteiger partial charge in [0.1, 0.15) is 11.6 Å². The molecule has 2 heterocycles. The number of methoxy groups -OCH3 is 1. The number of aromatic amines is 1. The summed E-state index contributed by atoms with van der Waals surface area (Å²) in [6.07, 6.45) is 1.62. The highest BCUT2D eigenvalue weighted by molar-refractivity contribution is 5.95. The van der Waals surface area contributed by atoms with Crippen molar-refractivity contribution in [1.82, 2.24) is 20.2 Å². The fourth-order valence-electron chi connectivity index (χ4n) is 2.93. The molecule has 0 unspecified atom stereocenters. The number of rotatable bonds is 4. The lowest BCUT2D eigenvalue weighted by atomic mass is 10.0. The van der Waals surface area contributed by atoms with E-state index in [9.17, 15) is 0 Å². The fourth-order valence-corrected chi connectivity index (χ4v) is 2.93. The number of ether oxygens (including phenoxy) is 1. The van der Waals surface area contributed by atoms with E-state index in [4.69, 9.17) is 10.5 Å². The van der Waals surface area contributed by atoms with Crippen LogP contribution < -0.4 is 15.8 Å². The molecule has 0 saturated heterocycles. The minimum Gasteiger partial charge on any atom is -0.496 e. The molecule has 0 aliphatic rings. The van der Waals surface area contributed by atoms with E-state index in [0.29, 0.717) is 5.82 Å². The van der Waals surface area contributed by atoms with Crippen LogP contribution in [0.5, 0.6) is 5.75 Å². The highest BCUT2D eigenvalue weighted by Gasteiger charge is 2.11. The number of nitrogens with zero attached hydrogens (tertiary/aromatic N) is 3. The van der Waals surface area contributed by atoms with Crippen molar-refractivity contribution in [1.29, 1.82) is 0 Å². The SMILES string of the molecule is COc1ccc(-c2n[nH]c3ccc(Nc4ccnc(N)n4)cc23)cc1C. The molecule has 4 rings (SSSR count). The third-order valence-corrected chi connectivity index (χ3v) is 4.18. The average Bonchev–Trinajstić information content (AvgIpc) is 3.05. The Labute approximate surface area is 150 Å². The van der Waals surface area contributed by atoms with Crippen LogP contribution in [0.4, 0.5) is 17.5 Å². The molecule has 0 saturated carbocycles. The number of hydrogen-bond acceptors (Lipinski definition) is 6. The largest absolute Gasteiger partial charge is 0.496 e. The Morgan fingerprint density at radius 3 is 2.77 bits per heavy atom. The maximum absolute atomic E-state index is 5.64. The Bertz CT molecular complexity index is 1090. The molecule has 7 heteroatoms. The molecule has 0 spiro atoms. The lowest BCUT2D eigenvalue weighted by Gasteiger charge is -2.08. The molecule has 2 aromatic carbocycles. The summed E-state index contributed by atoms with van der Waals surface area (Å²) in [5, 5.41) is 11.8. The quantitative estimate of drug-likeness (QED) is 0.521. The van der Waals surface area contributed by atoms with Gasteiger partial charge in [-0.3, -0.25) is 5.10 Å². The number of nitrogens with two attached hydrogens (primary N) is 1. The zero-order chi connectivity index (χ0) is 18.1. The second-order valence-corrected chi connectivity index (χ2v) is 5.94. The van der Waals surface area contributed by atoms with Crippen LogP contribution >= 0.6 is 0 Å². The van der Waals surface area contributed by atoms with E-state index in [1.807, 2.05) is 37.3 Å². The van der Waals surface area contributed by atoms with Gasteiger partial charge in [0.2, 0.25) is 5.95 Å². The molecule has 0 amide bonds. The summed E-state index contributed by atoms with van der Waals surface area (Å²) in [4.78, 5) is 8.07. The molecule has 0 bridgehead atoms. The molecule has 4 aromatic rings. The van der Waals surface area contributed by atoms with E-state index < -0.39 is 0 Å². The minimum absolute atomic E-state index is 0.230. The van der Waals surface area contributed by atoms with Crippen LogP contribution in [0.1, 0.15) is 5.56 Å². The molecule has 0 aliphatic heterocycles. The summed E-state index contributed by atoms with van der Waals surface area (Å²) < 4.78 is 5.34. The zero-order valence-electron chi connectivity index (χ0n) is 14.4. The van der Waals surface area contributed by atoms with Crippen LogP contribution in [0.15, 0.2) is 48.7 Å². The van der Waals surface area contributed by atoms with Gasteiger partial charge >= 0.3 is 0 Å². The van der Waals surface area contributed by atoms with Gasteiger partial charge in [-0.15, -0.1) is 0 Å². The summed E-state index contributed by atoms with van der Waals surface area (Å²) in [7, 11) is 1.67. The number of nitrogen functional groups attached to an aromatic ring is 1. The van der Waals surface area contributed by atoms with Crippen molar-refractivity contribution in [3.63, 3.8) is 0 Å². The van der Waals surface area contributed by atoms with Gasteiger partial charge in [-0.1, -0.05) is 0 Å². The number of H-pyrrole nitrogens is 1. The molecule has 0 aliphatic carbocycles. The number of nitrogens with one attached hydrogen (secondary N) is 2.